The predicted octanol–water partition coefficient (Wildman–Crippen LogP) is 5.05. The second kappa shape index (κ2) is 7.68. The van der Waals surface area contributed by atoms with Crippen molar-refractivity contribution in [2.24, 2.45) is 0 Å². The Balaban J connectivity index is 1.86. The number of ether oxygens (including phenoxy) is 1. The molecule has 0 aliphatic carbocycles. The van der Waals surface area contributed by atoms with Gasteiger partial charge in [0, 0.05) is 6.07 Å². The van der Waals surface area contributed by atoms with Gasteiger partial charge in [-0.05, 0) is 36.3 Å². The Morgan fingerprint density at radius 3 is 2.64 bits per heavy atom. The summed E-state index contributed by atoms with van der Waals surface area (Å²) < 4.78 is 5.76. The van der Waals surface area contributed by atoms with E-state index >= 15 is 0 Å². The first-order valence-corrected chi connectivity index (χ1v) is 8.96. The van der Waals surface area contributed by atoms with Gasteiger partial charge in [0.05, 0.1) is 17.7 Å². The lowest BCUT2D eigenvalue weighted by Gasteiger charge is -2.15. The van der Waals surface area contributed by atoms with Gasteiger partial charge in [-0.3, -0.25) is 9.69 Å². The van der Waals surface area contributed by atoms with Gasteiger partial charge in [0.2, 0.25) is 0 Å². The van der Waals surface area contributed by atoms with Crippen LogP contribution in [-0.2, 0) is 4.79 Å². The summed E-state index contributed by atoms with van der Waals surface area (Å²) in [5, 5.41) is 0. The van der Waals surface area contributed by atoms with Crippen LogP contribution in [0, 0.1) is 0 Å². The highest BCUT2D eigenvalue weighted by molar-refractivity contribution is 8.27. The van der Waals surface area contributed by atoms with E-state index in [0.717, 1.165) is 16.8 Å². The first-order chi connectivity index (χ1) is 12.1. The standard InChI is InChI=1S/C20H17NO2S2/c1-14(11-15-7-4-3-5-8-15)12-18-19(22)21(20(24)25-18)16-9-6-10-17(13-16)23-2/h3-13H,1-2H3/b14-11-,18-12+. The third-order valence-corrected chi connectivity index (χ3v) is 4.96. The Morgan fingerprint density at radius 2 is 1.92 bits per heavy atom. The van der Waals surface area contributed by atoms with Gasteiger partial charge in [-0.2, -0.15) is 0 Å². The molecule has 3 rings (SSSR count). The Bertz CT molecular complexity index is 872. The summed E-state index contributed by atoms with van der Waals surface area (Å²) in [4.78, 5) is 15.0. The number of hydrogen-bond donors (Lipinski definition) is 0. The van der Waals surface area contributed by atoms with E-state index in [0.29, 0.717) is 15.0 Å². The average molecular weight is 367 g/mol. The van der Waals surface area contributed by atoms with Crippen LogP contribution in [-0.4, -0.2) is 17.3 Å². The van der Waals surface area contributed by atoms with E-state index in [1.807, 2.05) is 67.6 Å². The van der Waals surface area contributed by atoms with Crippen molar-refractivity contribution in [1.29, 1.82) is 0 Å². The van der Waals surface area contributed by atoms with Crippen molar-refractivity contribution < 1.29 is 9.53 Å². The molecule has 1 heterocycles. The summed E-state index contributed by atoms with van der Waals surface area (Å²) in [6.07, 6.45) is 3.92. The van der Waals surface area contributed by atoms with E-state index in [1.165, 1.54) is 11.8 Å². The van der Waals surface area contributed by atoms with E-state index < -0.39 is 0 Å². The van der Waals surface area contributed by atoms with E-state index in [4.69, 9.17) is 17.0 Å². The van der Waals surface area contributed by atoms with Crippen molar-refractivity contribution >= 4 is 46.0 Å². The van der Waals surface area contributed by atoms with Crippen molar-refractivity contribution in [2.45, 2.75) is 6.92 Å². The summed E-state index contributed by atoms with van der Waals surface area (Å²) in [6, 6.07) is 17.3. The number of rotatable bonds is 4. The van der Waals surface area contributed by atoms with Gasteiger partial charge in [0.25, 0.3) is 5.91 Å². The molecule has 1 saturated heterocycles. The maximum atomic E-state index is 12.8. The van der Waals surface area contributed by atoms with Gasteiger partial charge in [-0.1, -0.05) is 66.5 Å². The van der Waals surface area contributed by atoms with Crippen molar-refractivity contribution in [3.05, 3.63) is 76.7 Å². The minimum atomic E-state index is -0.107. The van der Waals surface area contributed by atoms with Crippen LogP contribution >= 0.6 is 24.0 Å². The summed E-state index contributed by atoms with van der Waals surface area (Å²) >= 11 is 6.72. The summed E-state index contributed by atoms with van der Waals surface area (Å²) in [5.74, 6) is 0.583. The average Bonchev–Trinajstić information content (AvgIpc) is 2.89. The molecule has 0 atom stereocenters. The monoisotopic (exact) mass is 367 g/mol. The summed E-state index contributed by atoms with van der Waals surface area (Å²) in [6.45, 7) is 1.98. The highest BCUT2D eigenvalue weighted by atomic mass is 32.2. The second-order valence-corrected chi connectivity index (χ2v) is 7.19. The number of anilines is 1. The molecular weight excluding hydrogens is 350 g/mol. The molecule has 1 fully saturated rings. The number of carbonyl (C=O) groups is 1. The molecule has 1 aliphatic rings. The number of thiocarbonyl (C=S) groups is 1. The predicted molar refractivity (Wildman–Crippen MR) is 109 cm³/mol. The SMILES string of the molecule is COc1cccc(N2C(=O)/C(=C\C(C)=C/c3ccccc3)SC2=S)c1. The van der Waals surface area contributed by atoms with Crippen LogP contribution in [0.2, 0.25) is 0 Å². The molecule has 0 aromatic heterocycles. The molecule has 2 aromatic carbocycles. The Kier molecular flexibility index (Phi) is 5.36. The van der Waals surface area contributed by atoms with Crippen LogP contribution in [0.15, 0.2) is 71.2 Å². The number of carbonyl (C=O) groups excluding carboxylic acids is 1. The third kappa shape index (κ3) is 4.00. The Hall–Kier alpha value is -2.37. The number of thioether (sulfide) groups is 1. The fourth-order valence-corrected chi connectivity index (χ4v) is 3.85. The van der Waals surface area contributed by atoms with Crippen LogP contribution in [0.5, 0.6) is 5.75 Å². The zero-order valence-corrected chi connectivity index (χ0v) is 15.6. The fraction of sp³-hybridized carbons (Fsp3) is 0.100. The van der Waals surface area contributed by atoms with Gasteiger partial charge < -0.3 is 4.74 Å². The van der Waals surface area contributed by atoms with Crippen LogP contribution < -0.4 is 9.64 Å². The molecule has 1 amide bonds. The third-order valence-electron chi connectivity index (χ3n) is 3.66. The molecule has 0 saturated carbocycles. The summed E-state index contributed by atoms with van der Waals surface area (Å²) in [5.41, 5.74) is 2.81. The molecule has 2 aromatic rings. The number of allylic oxidation sites excluding steroid dienone is 2. The van der Waals surface area contributed by atoms with Crippen molar-refractivity contribution in [2.75, 3.05) is 12.0 Å². The van der Waals surface area contributed by atoms with E-state index in [1.54, 1.807) is 18.1 Å². The fourth-order valence-electron chi connectivity index (χ4n) is 2.50. The maximum absolute atomic E-state index is 12.8. The quantitative estimate of drug-likeness (QED) is 0.559. The molecule has 0 radical (unpaired) electrons. The van der Waals surface area contributed by atoms with Crippen LogP contribution in [0.4, 0.5) is 5.69 Å². The number of methoxy groups -OCH3 is 1. The molecular formula is C20H17NO2S2. The van der Waals surface area contributed by atoms with E-state index in [9.17, 15) is 4.79 Å². The lowest BCUT2D eigenvalue weighted by molar-refractivity contribution is -0.113. The first-order valence-electron chi connectivity index (χ1n) is 7.74. The molecule has 126 valence electrons. The first kappa shape index (κ1) is 17.5. The largest absolute Gasteiger partial charge is 0.497 e. The number of amides is 1. The molecule has 3 nitrogen and oxygen atoms in total. The second-order valence-electron chi connectivity index (χ2n) is 5.52. The normalized spacial score (nSPS) is 16.6. The molecule has 0 bridgehead atoms. The zero-order chi connectivity index (χ0) is 17.8. The molecule has 0 N–H and O–H groups in total. The van der Waals surface area contributed by atoms with E-state index in [2.05, 4.69) is 0 Å². The van der Waals surface area contributed by atoms with Crippen LogP contribution in [0.25, 0.3) is 6.08 Å². The molecule has 5 heteroatoms. The van der Waals surface area contributed by atoms with Crippen LogP contribution in [0.1, 0.15) is 12.5 Å². The number of nitrogens with zero attached hydrogens (tertiary/aromatic N) is 1. The maximum Gasteiger partial charge on any atom is 0.270 e. The number of benzene rings is 2. The lowest BCUT2D eigenvalue weighted by atomic mass is 10.1. The van der Waals surface area contributed by atoms with Gasteiger partial charge in [0.15, 0.2) is 4.32 Å². The van der Waals surface area contributed by atoms with Gasteiger partial charge in [-0.15, -0.1) is 0 Å². The van der Waals surface area contributed by atoms with Gasteiger partial charge in [0.1, 0.15) is 5.75 Å². The smallest absolute Gasteiger partial charge is 0.270 e. The van der Waals surface area contributed by atoms with E-state index in [-0.39, 0.29) is 5.91 Å². The Morgan fingerprint density at radius 1 is 1.16 bits per heavy atom. The molecule has 0 unspecified atom stereocenters. The molecule has 0 spiro atoms. The van der Waals surface area contributed by atoms with Gasteiger partial charge >= 0.3 is 0 Å². The topological polar surface area (TPSA) is 29.5 Å². The van der Waals surface area contributed by atoms with Crippen LogP contribution in [0.3, 0.4) is 0 Å². The lowest BCUT2D eigenvalue weighted by Crippen LogP contribution is -2.27. The number of hydrogen-bond acceptors (Lipinski definition) is 4. The van der Waals surface area contributed by atoms with Crippen molar-refractivity contribution in [1.82, 2.24) is 0 Å². The highest BCUT2D eigenvalue weighted by Gasteiger charge is 2.33. The summed E-state index contributed by atoms with van der Waals surface area (Å²) in [7, 11) is 1.60. The minimum Gasteiger partial charge on any atom is -0.497 e. The zero-order valence-electron chi connectivity index (χ0n) is 13.9. The Labute approximate surface area is 157 Å². The van der Waals surface area contributed by atoms with Crippen molar-refractivity contribution in [3.63, 3.8) is 0 Å². The molecule has 1 aliphatic heterocycles. The minimum absolute atomic E-state index is 0.107. The highest BCUT2D eigenvalue weighted by Crippen LogP contribution is 2.36. The van der Waals surface area contributed by atoms with Gasteiger partial charge in [-0.25, -0.2) is 0 Å². The van der Waals surface area contributed by atoms with Crippen molar-refractivity contribution in [3.8, 4) is 5.75 Å². The molecule has 25 heavy (non-hydrogen) atoms.